The molecule has 286 valence electrons. The minimum Gasteiger partial charge on any atom is -0.309 e. The van der Waals surface area contributed by atoms with Gasteiger partial charge in [-0.15, -0.1) is 0 Å². The molecular weight excluding hydrogens is 753 g/mol. The average Bonchev–Trinajstić information content (AvgIpc) is 3.85. The van der Waals surface area contributed by atoms with Crippen LogP contribution in [0.4, 0.5) is 0 Å². The minimum atomic E-state index is 0.697. The van der Waals surface area contributed by atoms with E-state index in [9.17, 15) is 0 Å². The van der Waals surface area contributed by atoms with Crippen molar-refractivity contribution in [2.24, 2.45) is 0 Å². The lowest BCUT2D eigenvalue weighted by Crippen LogP contribution is -2.03. The molecule has 0 unspecified atom stereocenters. The van der Waals surface area contributed by atoms with Gasteiger partial charge in [0.15, 0.2) is 5.82 Å². The maximum Gasteiger partial charge on any atom is 0.162 e. The largest absolute Gasteiger partial charge is 0.309 e. The number of fused-ring (bicyclic) bond motifs is 16. The zero-order chi connectivity index (χ0) is 40.5. The van der Waals surface area contributed by atoms with E-state index in [1.54, 1.807) is 0 Å². The van der Waals surface area contributed by atoms with Gasteiger partial charge >= 0.3 is 0 Å². The van der Waals surface area contributed by atoms with Crippen LogP contribution in [0.1, 0.15) is 0 Å². The molecule has 4 nitrogen and oxygen atoms in total. The van der Waals surface area contributed by atoms with Crippen molar-refractivity contribution in [2.45, 2.75) is 0 Å². The van der Waals surface area contributed by atoms with Crippen LogP contribution in [-0.2, 0) is 0 Å². The fraction of sp³-hybridized carbons (Fsp3) is 0. The summed E-state index contributed by atoms with van der Waals surface area (Å²) in [6.07, 6.45) is 0. The molecule has 0 N–H and O–H groups in total. The second-order valence-electron chi connectivity index (χ2n) is 16.5. The lowest BCUT2D eigenvalue weighted by Gasteiger charge is -2.14. The highest BCUT2D eigenvalue weighted by Crippen LogP contribution is 2.42. The molecule has 0 spiro atoms. The Kier molecular flexibility index (Phi) is 6.80. The first-order valence-electron chi connectivity index (χ1n) is 21.2. The Morgan fingerprint density at radius 3 is 1.63 bits per heavy atom. The molecule has 0 fully saturated rings. The molecule has 0 amide bonds. The molecule has 3 heterocycles. The number of hydrogen-bond donors (Lipinski definition) is 0. The van der Waals surface area contributed by atoms with Gasteiger partial charge in [0.05, 0.1) is 27.6 Å². The number of aromatic nitrogens is 4. The third kappa shape index (κ3) is 4.66. The number of rotatable bonds is 3. The Bertz CT molecular complexity index is 4190. The van der Waals surface area contributed by atoms with E-state index in [0.717, 1.165) is 39.0 Å². The van der Waals surface area contributed by atoms with Crippen LogP contribution in [0.3, 0.4) is 0 Å². The molecule has 14 aromatic rings. The Hall–Kier alpha value is -8.34. The third-order valence-electron chi connectivity index (χ3n) is 13.2. The molecule has 0 aliphatic heterocycles. The monoisotopic (exact) mass is 786 g/mol. The topological polar surface area (TPSA) is 35.6 Å². The van der Waals surface area contributed by atoms with Crippen LogP contribution in [0.2, 0.25) is 0 Å². The first-order chi connectivity index (χ1) is 30.7. The van der Waals surface area contributed by atoms with Gasteiger partial charge in [-0.3, -0.25) is 4.57 Å². The van der Waals surface area contributed by atoms with Crippen LogP contribution in [0.25, 0.3) is 131 Å². The summed E-state index contributed by atoms with van der Waals surface area (Å²) in [5.74, 6) is 1.56. The highest BCUT2D eigenvalue weighted by Gasteiger charge is 2.21. The molecule has 0 saturated carbocycles. The van der Waals surface area contributed by atoms with E-state index >= 15 is 0 Å². The summed E-state index contributed by atoms with van der Waals surface area (Å²) in [7, 11) is 0. The second-order valence-corrected chi connectivity index (χ2v) is 16.5. The van der Waals surface area contributed by atoms with Gasteiger partial charge in [-0.1, -0.05) is 146 Å². The van der Waals surface area contributed by atoms with Gasteiger partial charge in [0.2, 0.25) is 0 Å². The summed E-state index contributed by atoms with van der Waals surface area (Å²) >= 11 is 0. The van der Waals surface area contributed by atoms with Crippen molar-refractivity contribution in [1.29, 1.82) is 0 Å². The van der Waals surface area contributed by atoms with Gasteiger partial charge in [-0.2, -0.15) is 0 Å². The van der Waals surface area contributed by atoms with Crippen LogP contribution in [-0.4, -0.2) is 19.1 Å². The minimum absolute atomic E-state index is 0.697. The fourth-order valence-electron chi connectivity index (χ4n) is 10.5. The molecule has 0 radical (unpaired) electrons. The highest BCUT2D eigenvalue weighted by atomic mass is 15.1. The van der Waals surface area contributed by atoms with Gasteiger partial charge in [-0.05, 0) is 115 Å². The van der Waals surface area contributed by atoms with Crippen LogP contribution < -0.4 is 0 Å². The fourth-order valence-corrected chi connectivity index (χ4v) is 10.5. The first-order valence-corrected chi connectivity index (χ1v) is 21.2. The second kappa shape index (κ2) is 12.6. The quantitative estimate of drug-likeness (QED) is 0.167. The predicted octanol–water partition coefficient (Wildman–Crippen LogP) is 15.3. The predicted molar refractivity (Wildman–Crippen MR) is 261 cm³/mol. The molecule has 62 heavy (non-hydrogen) atoms. The van der Waals surface area contributed by atoms with Gasteiger partial charge in [-0.25, -0.2) is 9.97 Å². The van der Waals surface area contributed by atoms with Crippen molar-refractivity contribution in [2.75, 3.05) is 0 Å². The molecular formula is C58H34N4. The van der Waals surface area contributed by atoms with E-state index < -0.39 is 0 Å². The Morgan fingerprint density at radius 1 is 0.290 bits per heavy atom. The van der Waals surface area contributed by atoms with Crippen molar-refractivity contribution < 1.29 is 0 Å². The van der Waals surface area contributed by atoms with Crippen molar-refractivity contribution >= 4 is 108 Å². The van der Waals surface area contributed by atoms with Crippen LogP contribution in [0.5, 0.6) is 0 Å². The zero-order valence-corrected chi connectivity index (χ0v) is 33.4. The standard InChI is InChI=1S/C58H34N4/c1-2-15-37-33-55-49(31-36(37)14-1)50-34-39(61-52-24-12-10-22-47(52)56-40-16-4-3-13-35(40)26-29-54(56)61)27-30-53(50)62(55)58-46-21-9-11-23-51(46)59-57(60-58)38-25-28-45-43-19-6-5-17-41(43)42-18-7-8-20-44(42)48(45)32-38/h1-34H. The molecule has 0 aliphatic rings. The molecule has 0 saturated heterocycles. The van der Waals surface area contributed by atoms with E-state index in [-0.39, 0.29) is 0 Å². The van der Waals surface area contributed by atoms with Crippen LogP contribution in [0, 0.1) is 0 Å². The lowest BCUT2D eigenvalue weighted by molar-refractivity contribution is 1.08. The summed E-state index contributed by atoms with van der Waals surface area (Å²) in [6.45, 7) is 0. The van der Waals surface area contributed by atoms with E-state index in [0.29, 0.717) is 5.82 Å². The van der Waals surface area contributed by atoms with Gasteiger partial charge in [0.25, 0.3) is 0 Å². The molecule has 3 aromatic heterocycles. The van der Waals surface area contributed by atoms with Crippen molar-refractivity contribution in [3.8, 4) is 22.9 Å². The summed E-state index contributed by atoms with van der Waals surface area (Å²) in [6, 6.07) is 75.0. The Labute approximate surface area is 355 Å². The van der Waals surface area contributed by atoms with E-state index in [4.69, 9.17) is 9.97 Å². The van der Waals surface area contributed by atoms with Gasteiger partial charge < -0.3 is 4.57 Å². The number of nitrogens with zero attached hydrogens (tertiary/aromatic N) is 4. The van der Waals surface area contributed by atoms with Crippen molar-refractivity contribution in [3.05, 3.63) is 206 Å². The maximum atomic E-state index is 5.57. The number of benzene rings is 11. The highest BCUT2D eigenvalue weighted by molar-refractivity contribution is 6.26. The number of hydrogen-bond acceptors (Lipinski definition) is 2. The van der Waals surface area contributed by atoms with Gasteiger partial charge in [0.1, 0.15) is 5.82 Å². The third-order valence-corrected chi connectivity index (χ3v) is 13.2. The number of para-hydroxylation sites is 2. The smallest absolute Gasteiger partial charge is 0.162 e. The van der Waals surface area contributed by atoms with Crippen molar-refractivity contribution in [3.63, 3.8) is 0 Å². The van der Waals surface area contributed by atoms with Gasteiger partial charge in [0, 0.05) is 38.2 Å². The molecule has 0 atom stereocenters. The van der Waals surface area contributed by atoms with Crippen molar-refractivity contribution in [1.82, 2.24) is 19.1 Å². The summed E-state index contributed by atoms with van der Waals surface area (Å²) in [5, 5.41) is 18.2. The normalized spacial score (nSPS) is 12.2. The molecule has 0 bridgehead atoms. The maximum absolute atomic E-state index is 5.57. The summed E-state index contributed by atoms with van der Waals surface area (Å²) in [5.41, 5.74) is 7.59. The van der Waals surface area contributed by atoms with E-state index in [1.165, 1.54) is 86.4 Å². The van der Waals surface area contributed by atoms with E-state index in [1.807, 2.05) is 0 Å². The molecule has 14 rings (SSSR count). The Morgan fingerprint density at radius 2 is 0.855 bits per heavy atom. The van der Waals surface area contributed by atoms with Crippen LogP contribution in [0.15, 0.2) is 206 Å². The van der Waals surface area contributed by atoms with Crippen LogP contribution >= 0.6 is 0 Å². The first kappa shape index (κ1) is 33.5. The summed E-state index contributed by atoms with van der Waals surface area (Å²) in [4.78, 5) is 10.8. The van der Waals surface area contributed by atoms with E-state index in [2.05, 4.69) is 215 Å². The SMILES string of the molecule is c1ccc2cc3c(cc2c1)c1cc(-n2c4ccccc4c4c5ccccc5ccc42)ccc1n3-c1nc(-c2ccc3c4ccccc4c4ccccc4c3c2)nc2ccccc12. The Balaban J connectivity index is 1.05. The molecule has 11 aromatic carbocycles. The average molecular weight is 787 g/mol. The lowest BCUT2D eigenvalue weighted by atomic mass is 9.93. The molecule has 4 heteroatoms. The molecule has 0 aliphatic carbocycles. The summed E-state index contributed by atoms with van der Waals surface area (Å²) < 4.78 is 4.81. The zero-order valence-electron chi connectivity index (χ0n) is 33.4.